The first-order chi connectivity index (χ1) is 6.18. The number of nitrogens with two attached hydrogens (primary N) is 1. The first-order valence-electron chi connectivity index (χ1n) is 3.53. The lowest BCUT2D eigenvalue weighted by atomic mass is 10.2. The van der Waals surface area contributed by atoms with Crippen molar-refractivity contribution in [3.05, 3.63) is 27.7 Å². The fraction of sp³-hybridized carbons (Fsp3) is 0. The Kier molecular flexibility index (Phi) is 1.95. The van der Waals surface area contributed by atoms with Crippen molar-refractivity contribution in [2.75, 3.05) is 0 Å². The van der Waals surface area contributed by atoms with Gasteiger partial charge in [0.15, 0.2) is 5.58 Å². The minimum absolute atomic E-state index is 0.368. The molecule has 1 heterocycles. The van der Waals surface area contributed by atoms with Gasteiger partial charge in [0.2, 0.25) is 0 Å². The topological polar surface area (TPSA) is 69.1 Å². The second kappa shape index (κ2) is 2.99. The highest BCUT2D eigenvalue weighted by molar-refractivity contribution is 14.1. The minimum atomic E-state index is -0.502. The van der Waals surface area contributed by atoms with Crippen molar-refractivity contribution in [2.24, 2.45) is 5.73 Å². The Bertz CT molecular complexity index is 478. The molecular formula is C8H5IN2O2. The molecule has 13 heavy (non-hydrogen) atoms. The second-order valence-electron chi connectivity index (χ2n) is 2.48. The molecule has 1 amide bonds. The number of benzene rings is 1. The van der Waals surface area contributed by atoms with Gasteiger partial charge in [-0.15, -0.1) is 0 Å². The molecule has 0 aliphatic carbocycles. The van der Waals surface area contributed by atoms with E-state index in [4.69, 9.17) is 10.2 Å². The number of amides is 1. The number of fused-ring (bicyclic) bond motifs is 1. The van der Waals surface area contributed by atoms with Crippen LogP contribution in [0.4, 0.5) is 0 Å². The standard InChI is InChI=1S/C8H5IN2O2/c9-8-11-5-3-1-2-4(7(10)12)6(5)13-8/h1-3H,(H2,10,12). The number of primary amides is 1. The summed E-state index contributed by atoms with van der Waals surface area (Å²) in [6, 6.07) is 5.11. The zero-order valence-corrected chi connectivity index (χ0v) is 8.61. The minimum Gasteiger partial charge on any atom is -0.431 e. The molecule has 4 nitrogen and oxygen atoms in total. The van der Waals surface area contributed by atoms with Gasteiger partial charge in [-0.3, -0.25) is 4.79 Å². The van der Waals surface area contributed by atoms with E-state index in [9.17, 15) is 4.79 Å². The van der Waals surface area contributed by atoms with Gasteiger partial charge in [-0.2, -0.15) is 0 Å². The summed E-state index contributed by atoms with van der Waals surface area (Å²) in [4.78, 5) is 15.0. The Labute approximate surface area is 87.3 Å². The maximum absolute atomic E-state index is 11.0. The van der Waals surface area contributed by atoms with Crippen LogP contribution in [0.1, 0.15) is 10.4 Å². The maximum atomic E-state index is 11.0. The lowest BCUT2D eigenvalue weighted by Gasteiger charge is -1.93. The van der Waals surface area contributed by atoms with Crippen molar-refractivity contribution >= 4 is 39.6 Å². The van der Waals surface area contributed by atoms with Gasteiger partial charge in [-0.25, -0.2) is 4.98 Å². The summed E-state index contributed by atoms with van der Waals surface area (Å²) in [5.41, 5.74) is 6.64. The molecule has 0 bridgehead atoms. The fourth-order valence-corrected chi connectivity index (χ4v) is 1.60. The number of halogens is 1. The molecule has 0 saturated carbocycles. The largest absolute Gasteiger partial charge is 0.431 e. The average molecular weight is 288 g/mol. The fourth-order valence-electron chi connectivity index (χ4n) is 1.12. The maximum Gasteiger partial charge on any atom is 0.258 e. The van der Waals surface area contributed by atoms with Crippen molar-refractivity contribution in [3.8, 4) is 0 Å². The van der Waals surface area contributed by atoms with Crippen LogP contribution in [0, 0.1) is 3.90 Å². The van der Waals surface area contributed by atoms with Gasteiger partial charge >= 0.3 is 0 Å². The molecule has 0 spiro atoms. The first kappa shape index (κ1) is 8.49. The molecule has 0 fully saturated rings. The number of rotatable bonds is 1. The number of para-hydroxylation sites is 1. The molecule has 0 atom stereocenters. The Balaban J connectivity index is 2.82. The summed E-state index contributed by atoms with van der Waals surface area (Å²) in [6.45, 7) is 0. The predicted octanol–water partition coefficient (Wildman–Crippen LogP) is 1.53. The molecule has 0 aliphatic rings. The third kappa shape index (κ3) is 1.39. The van der Waals surface area contributed by atoms with E-state index in [0.29, 0.717) is 20.6 Å². The van der Waals surface area contributed by atoms with E-state index in [0.717, 1.165) is 0 Å². The van der Waals surface area contributed by atoms with Gasteiger partial charge in [0.25, 0.3) is 9.80 Å². The zero-order valence-electron chi connectivity index (χ0n) is 6.45. The van der Waals surface area contributed by atoms with E-state index >= 15 is 0 Å². The highest BCUT2D eigenvalue weighted by Gasteiger charge is 2.11. The highest BCUT2D eigenvalue weighted by atomic mass is 127. The van der Waals surface area contributed by atoms with E-state index in [-0.39, 0.29) is 0 Å². The quantitative estimate of drug-likeness (QED) is 0.809. The lowest BCUT2D eigenvalue weighted by molar-refractivity contribution is 0.100. The summed E-state index contributed by atoms with van der Waals surface area (Å²) in [5, 5.41) is 0. The number of carbonyl (C=O) groups excluding carboxylic acids is 1. The molecule has 0 unspecified atom stereocenters. The number of oxazole rings is 1. The van der Waals surface area contributed by atoms with Crippen LogP contribution >= 0.6 is 22.6 Å². The van der Waals surface area contributed by atoms with Crippen LogP contribution in [-0.4, -0.2) is 10.9 Å². The van der Waals surface area contributed by atoms with Crippen LogP contribution < -0.4 is 5.73 Å². The van der Waals surface area contributed by atoms with Crippen LogP contribution in [0.25, 0.3) is 11.1 Å². The monoisotopic (exact) mass is 288 g/mol. The molecule has 5 heteroatoms. The van der Waals surface area contributed by atoms with Crippen molar-refractivity contribution in [1.82, 2.24) is 4.98 Å². The summed E-state index contributed by atoms with van der Waals surface area (Å²) in [5.74, 6) is -0.502. The van der Waals surface area contributed by atoms with Crippen LogP contribution in [0.15, 0.2) is 22.6 Å². The summed E-state index contributed by atoms with van der Waals surface area (Å²) in [7, 11) is 0. The predicted molar refractivity (Wildman–Crippen MR) is 55.2 cm³/mol. The van der Waals surface area contributed by atoms with Crippen LogP contribution in [-0.2, 0) is 0 Å². The zero-order chi connectivity index (χ0) is 9.42. The van der Waals surface area contributed by atoms with Gasteiger partial charge in [0.1, 0.15) is 5.52 Å². The van der Waals surface area contributed by atoms with Crippen molar-refractivity contribution < 1.29 is 9.21 Å². The highest BCUT2D eigenvalue weighted by Crippen LogP contribution is 2.20. The Morgan fingerprint density at radius 3 is 3.00 bits per heavy atom. The van der Waals surface area contributed by atoms with Crippen molar-refractivity contribution in [1.29, 1.82) is 0 Å². The molecule has 0 radical (unpaired) electrons. The Morgan fingerprint density at radius 1 is 1.54 bits per heavy atom. The lowest BCUT2D eigenvalue weighted by Crippen LogP contribution is -2.10. The van der Waals surface area contributed by atoms with Gasteiger partial charge in [0.05, 0.1) is 5.56 Å². The van der Waals surface area contributed by atoms with E-state index in [1.54, 1.807) is 18.2 Å². The van der Waals surface area contributed by atoms with Crippen molar-refractivity contribution in [3.63, 3.8) is 0 Å². The van der Waals surface area contributed by atoms with Crippen LogP contribution in [0.2, 0.25) is 0 Å². The molecule has 1 aromatic heterocycles. The molecule has 0 aliphatic heterocycles. The number of nitrogens with zero attached hydrogens (tertiary/aromatic N) is 1. The van der Waals surface area contributed by atoms with Crippen LogP contribution in [0.5, 0.6) is 0 Å². The van der Waals surface area contributed by atoms with Gasteiger partial charge < -0.3 is 10.2 Å². The van der Waals surface area contributed by atoms with E-state index in [1.165, 1.54) is 0 Å². The van der Waals surface area contributed by atoms with E-state index < -0.39 is 5.91 Å². The number of hydrogen-bond acceptors (Lipinski definition) is 3. The summed E-state index contributed by atoms with van der Waals surface area (Å²) in [6.07, 6.45) is 0. The number of hydrogen-bond donors (Lipinski definition) is 1. The van der Waals surface area contributed by atoms with Gasteiger partial charge in [0, 0.05) is 22.6 Å². The first-order valence-corrected chi connectivity index (χ1v) is 4.61. The third-order valence-corrected chi connectivity index (χ3v) is 2.12. The Morgan fingerprint density at radius 2 is 2.31 bits per heavy atom. The summed E-state index contributed by atoms with van der Waals surface area (Å²) < 4.78 is 5.74. The molecule has 2 N–H and O–H groups in total. The number of carbonyl (C=O) groups is 1. The third-order valence-electron chi connectivity index (χ3n) is 1.65. The van der Waals surface area contributed by atoms with Crippen molar-refractivity contribution in [2.45, 2.75) is 0 Å². The molecule has 1 aromatic carbocycles. The smallest absolute Gasteiger partial charge is 0.258 e. The van der Waals surface area contributed by atoms with E-state index in [1.807, 2.05) is 22.6 Å². The molecule has 2 aromatic rings. The molecule has 0 saturated heterocycles. The molecular weight excluding hydrogens is 283 g/mol. The average Bonchev–Trinajstić information content (AvgIpc) is 2.43. The molecule has 2 rings (SSSR count). The second-order valence-corrected chi connectivity index (χ2v) is 3.41. The SMILES string of the molecule is NC(=O)c1cccc2nc(I)oc12. The van der Waals surface area contributed by atoms with Gasteiger partial charge in [-0.05, 0) is 12.1 Å². The summed E-state index contributed by atoms with van der Waals surface area (Å²) >= 11 is 1.94. The van der Waals surface area contributed by atoms with Gasteiger partial charge in [-0.1, -0.05) is 6.07 Å². The number of aromatic nitrogens is 1. The Hall–Kier alpha value is -1.11. The van der Waals surface area contributed by atoms with Crippen LogP contribution in [0.3, 0.4) is 0 Å². The molecule has 66 valence electrons. The normalized spacial score (nSPS) is 10.5. The van der Waals surface area contributed by atoms with E-state index in [2.05, 4.69) is 4.98 Å².